The van der Waals surface area contributed by atoms with Gasteiger partial charge in [0, 0.05) is 47.5 Å². The molecule has 2 heterocycles. The molecule has 7 N–H and O–H groups in total. The highest BCUT2D eigenvalue weighted by Gasteiger charge is 2.10. The Balaban J connectivity index is 0.000000201. The van der Waals surface area contributed by atoms with Gasteiger partial charge in [0.15, 0.2) is 5.11 Å². The van der Waals surface area contributed by atoms with Gasteiger partial charge in [-0.05, 0) is 36.5 Å². The summed E-state index contributed by atoms with van der Waals surface area (Å²) in [6, 6.07) is 14.0. The van der Waals surface area contributed by atoms with E-state index < -0.39 is 21.4 Å². The lowest BCUT2D eigenvalue weighted by Crippen LogP contribution is -2.30. The Hall–Kier alpha value is -5.38. The molecule has 0 saturated carbocycles. The lowest BCUT2D eigenvalue weighted by Gasteiger charge is -1.99. The fourth-order valence-electron chi connectivity index (χ4n) is 2.96. The van der Waals surface area contributed by atoms with Gasteiger partial charge in [0.25, 0.3) is 22.5 Å². The molecule has 15 nitrogen and oxygen atoms in total. The third kappa shape index (κ3) is 5.57. The summed E-state index contributed by atoms with van der Waals surface area (Å²) in [6.07, 6.45) is 0. The van der Waals surface area contributed by atoms with Gasteiger partial charge < -0.3 is 11.5 Å². The minimum Gasteiger partial charge on any atom is -0.374 e. The molecule has 0 aliphatic carbocycles. The minimum absolute atomic E-state index is 0.0186. The molecule has 0 spiro atoms. The molecule has 184 valence electrons. The van der Waals surface area contributed by atoms with Crippen LogP contribution in [0.1, 0.15) is 0 Å². The van der Waals surface area contributed by atoms with Gasteiger partial charge in [-0.3, -0.25) is 45.4 Å². The van der Waals surface area contributed by atoms with Crippen LogP contribution >= 0.6 is 12.2 Å². The van der Waals surface area contributed by atoms with Crippen LogP contribution in [0.4, 0.5) is 11.4 Å². The van der Waals surface area contributed by atoms with Crippen molar-refractivity contribution in [3.63, 3.8) is 0 Å². The molecule has 16 heteroatoms. The number of aromatic nitrogens is 4. The maximum atomic E-state index is 11.5. The molecule has 0 radical (unpaired) electrons. The highest BCUT2D eigenvalue weighted by Crippen LogP contribution is 2.20. The highest BCUT2D eigenvalue weighted by molar-refractivity contribution is 7.80. The predicted molar refractivity (Wildman–Crippen MR) is 134 cm³/mol. The van der Waals surface area contributed by atoms with Crippen LogP contribution in [0.5, 0.6) is 0 Å². The van der Waals surface area contributed by atoms with Gasteiger partial charge in [-0.25, -0.2) is 0 Å². The standard InChI is InChI=1S/C10H9N5O3.C10H8N4O3S/c11-10(12)14-9(16)5-8(13-14)6-1-3-7(4-2-6)15(17)18;11-10(18)13-9(15)5-8(12-13)6-1-3-7(4-2-6)14(16)17/h1-5,13H,(H3,11,12);1-5,12H,(H2,11,18). The third-order valence-corrected chi connectivity index (χ3v) is 4.86. The maximum absolute atomic E-state index is 11.5. The second-order valence-corrected chi connectivity index (χ2v) is 7.44. The zero-order valence-corrected chi connectivity index (χ0v) is 18.9. The average molecular weight is 511 g/mol. The van der Waals surface area contributed by atoms with Gasteiger partial charge in [0.05, 0.1) is 21.2 Å². The van der Waals surface area contributed by atoms with E-state index in [4.69, 9.17) is 16.9 Å². The maximum Gasteiger partial charge on any atom is 0.274 e. The number of benzene rings is 2. The fraction of sp³-hybridized carbons (Fsp3) is 0. The Bertz CT molecular complexity index is 1460. The Morgan fingerprint density at radius 2 is 1.14 bits per heavy atom. The van der Waals surface area contributed by atoms with Crippen molar-refractivity contribution in [2.75, 3.05) is 0 Å². The Kier molecular flexibility index (Phi) is 7.20. The van der Waals surface area contributed by atoms with E-state index in [1.165, 1.54) is 60.7 Å². The number of nitro benzene ring substituents is 2. The van der Waals surface area contributed by atoms with E-state index >= 15 is 0 Å². The second kappa shape index (κ2) is 10.3. The van der Waals surface area contributed by atoms with Crippen LogP contribution < -0.4 is 22.6 Å². The number of non-ortho nitro benzene ring substituents is 2. The monoisotopic (exact) mass is 511 g/mol. The van der Waals surface area contributed by atoms with E-state index in [1.54, 1.807) is 0 Å². The van der Waals surface area contributed by atoms with Crippen molar-refractivity contribution in [3.8, 4) is 22.5 Å². The van der Waals surface area contributed by atoms with Crippen molar-refractivity contribution >= 4 is 34.7 Å². The lowest BCUT2D eigenvalue weighted by atomic mass is 10.1. The number of thiocarbonyl (C=S) groups is 1. The fourth-order valence-corrected chi connectivity index (χ4v) is 3.09. The van der Waals surface area contributed by atoms with E-state index in [0.29, 0.717) is 22.5 Å². The molecule has 0 aliphatic heterocycles. The van der Waals surface area contributed by atoms with Crippen LogP contribution in [0.15, 0.2) is 70.3 Å². The third-order valence-electron chi connectivity index (χ3n) is 4.68. The van der Waals surface area contributed by atoms with Crippen molar-refractivity contribution < 1.29 is 9.85 Å². The molecule has 4 rings (SSSR count). The summed E-state index contributed by atoms with van der Waals surface area (Å²) in [4.78, 5) is 42.9. The van der Waals surface area contributed by atoms with Crippen LogP contribution in [-0.2, 0) is 0 Å². The quantitative estimate of drug-likeness (QED) is 0.0871. The van der Waals surface area contributed by atoms with E-state index in [9.17, 15) is 29.8 Å². The van der Waals surface area contributed by atoms with Crippen molar-refractivity contribution in [1.29, 1.82) is 5.41 Å². The number of hydrogen-bond acceptors (Lipinski definition) is 8. The van der Waals surface area contributed by atoms with Gasteiger partial charge in [-0.2, -0.15) is 9.36 Å². The summed E-state index contributed by atoms with van der Waals surface area (Å²) in [6.45, 7) is 0. The molecule has 0 atom stereocenters. The molecule has 0 fully saturated rings. The minimum atomic E-state index is -0.507. The molecule has 0 amide bonds. The number of nitro groups is 2. The first-order valence-electron chi connectivity index (χ1n) is 9.76. The first-order chi connectivity index (χ1) is 17.0. The molecule has 0 aliphatic rings. The molecule has 0 bridgehead atoms. The molecular formula is C20H17N9O6S. The number of nitrogens with two attached hydrogens (primary N) is 2. The predicted octanol–water partition coefficient (Wildman–Crippen LogP) is 1.34. The van der Waals surface area contributed by atoms with Gasteiger partial charge in [0.1, 0.15) is 0 Å². The first-order valence-corrected chi connectivity index (χ1v) is 10.2. The second-order valence-electron chi connectivity index (χ2n) is 7.02. The topological polar surface area (TPSA) is 238 Å². The summed E-state index contributed by atoms with van der Waals surface area (Å²) in [5, 5.41) is 33.4. The SMILES string of the molecule is N=C(N)n1[nH]c(-c2ccc([N+](=O)[O-])cc2)cc1=O.NC(=S)n1[nH]c(-c2ccc([N+](=O)[O-])cc2)cc1=O. The van der Waals surface area contributed by atoms with Crippen LogP contribution in [-0.4, -0.2) is 40.5 Å². The number of hydrogen-bond donors (Lipinski definition) is 5. The normalized spacial score (nSPS) is 10.2. The summed E-state index contributed by atoms with van der Waals surface area (Å²) >= 11 is 4.69. The summed E-state index contributed by atoms with van der Waals surface area (Å²) in [5.74, 6) is -0.423. The number of nitrogens with one attached hydrogen (secondary N) is 3. The Morgan fingerprint density at radius 3 is 1.42 bits per heavy atom. The van der Waals surface area contributed by atoms with Crippen molar-refractivity contribution in [2.24, 2.45) is 11.5 Å². The molecule has 4 aromatic rings. The van der Waals surface area contributed by atoms with Gasteiger partial charge >= 0.3 is 0 Å². The van der Waals surface area contributed by atoms with E-state index in [2.05, 4.69) is 22.4 Å². The smallest absolute Gasteiger partial charge is 0.274 e. The number of rotatable bonds is 4. The molecular weight excluding hydrogens is 494 g/mol. The number of aromatic amines is 2. The molecule has 36 heavy (non-hydrogen) atoms. The van der Waals surface area contributed by atoms with Crippen molar-refractivity contribution in [2.45, 2.75) is 0 Å². The van der Waals surface area contributed by atoms with Gasteiger partial charge in [0.2, 0.25) is 5.96 Å². The zero-order valence-electron chi connectivity index (χ0n) is 18.1. The molecule has 0 unspecified atom stereocenters. The summed E-state index contributed by atoms with van der Waals surface area (Å²) < 4.78 is 1.89. The number of nitrogens with zero attached hydrogens (tertiary/aromatic N) is 4. The number of H-pyrrole nitrogens is 2. The highest BCUT2D eigenvalue weighted by atomic mass is 32.1. The van der Waals surface area contributed by atoms with Crippen LogP contribution in [0.3, 0.4) is 0 Å². The van der Waals surface area contributed by atoms with E-state index in [1.807, 2.05) is 0 Å². The van der Waals surface area contributed by atoms with Gasteiger partial charge in [-0.1, -0.05) is 0 Å². The van der Waals surface area contributed by atoms with Crippen molar-refractivity contribution in [1.82, 2.24) is 19.6 Å². The van der Waals surface area contributed by atoms with Gasteiger partial charge in [-0.15, -0.1) is 0 Å². The summed E-state index contributed by atoms with van der Waals surface area (Å²) in [5.41, 5.74) is 11.8. The van der Waals surface area contributed by atoms with E-state index in [0.717, 1.165) is 9.36 Å². The van der Waals surface area contributed by atoms with Crippen molar-refractivity contribution in [3.05, 3.63) is 102 Å². The lowest BCUT2D eigenvalue weighted by molar-refractivity contribution is -0.385. The van der Waals surface area contributed by atoms with Crippen LogP contribution in [0, 0.1) is 25.6 Å². The molecule has 0 saturated heterocycles. The number of nitrogen functional groups attached to an aromatic ring is 1. The first kappa shape index (κ1) is 25.2. The Morgan fingerprint density at radius 1 is 0.778 bits per heavy atom. The Labute approximate surface area is 205 Å². The van der Waals surface area contributed by atoms with Crippen LogP contribution in [0.25, 0.3) is 22.5 Å². The van der Waals surface area contributed by atoms with E-state index in [-0.39, 0.29) is 22.0 Å². The zero-order chi connectivity index (χ0) is 26.6. The summed E-state index contributed by atoms with van der Waals surface area (Å²) in [7, 11) is 0. The largest absolute Gasteiger partial charge is 0.374 e. The molecule has 2 aromatic carbocycles. The average Bonchev–Trinajstić information content (AvgIpc) is 3.42. The molecule has 2 aromatic heterocycles. The van der Waals surface area contributed by atoms with Crippen LogP contribution in [0.2, 0.25) is 0 Å².